The normalized spacial score (nSPS) is 13.7. The molecule has 0 aliphatic heterocycles. The Labute approximate surface area is 178 Å². The van der Waals surface area contributed by atoms with E-state index < -0.39 is 46.1 Å². The second kappa shape index (κ2) is 8.10. The Kier molecular flexibility index (Phi) is 5.45. The van der Waals surface area contributed by atoms with E-state index in [1.165, 1.54) is 36.5 Å². The van der Waals surface area contributed by atoms with Gasteiger partial charge in [-0.05, 0) is 48.1 Å². The molecule has 0 unspecified atom stereocenters. The number of benzene rings is 2. The van der Waals surface area contributed by atoms with E-state index in [2.05, 4.69) is 9.72 Å². The van der Waals surface area contributed by atoms with Crippen LogP contribution in [-0.2, 0) is 0 Å². The predicted molar refractivity (Wildman–Crippen MR) is 105 cm³/mol. The van der Waals surface area contributed by atoms with E-state index in [1.807, 2.05) is 0 Å². The van der Waals surface area contributed by atoms with Crippen LogP contribution in [0.15, 0.2) is 54.7 Å². The zero-order valence-corrected chi connectivity index (χ0v) is 16.2. The fourth-order valence-electron chi connectivity index (χ4n) is 3.30. The quantitative estimate of drug-likeness (QED) is 0.349. The van der Waals surface area contributed by atoms with Crippen molar-refractivity contribution in [3.63, 3.8) is 0 Å². The Hall–Kier alpha value is -3.69. The summed E-state index contributed by atoms with van der Waals surface area (Å²) >= 11 is 0. The molecule has 0 atom stereocenters. The summed E-state index contributed by atoms with van der Waals surface area (Å²) in [6, 6.07) is 10.7. The van der Waals surface area contributed by atoms with Gasteiger partial charge in [0.2, 0.25) is 0 Å². The number of alkyl halides is 3. The minimum atomic E-state index is -5.25. The number of aromatic nitrogens is 1. The molecule has 32 heavy (non-hydrogen) atoms. The number of anilines is 2. The molecular weight excluding hydrogens is 435 g/mol. The molecule has 2 aromatic carbocycles. The molecule has 1 aromatic heterocycles. The molecule has 10 heteroatoms. The molecule has 1 saturated carbocycles. The molecule has 0 bridgehead atoms. The molecule has 0 radical (unpaired) electrons. The van der Waals surface area contributed by atoms with Crippen molar-refractivity contribution in [1.82, 2.24) is 4.98 Å². The van der Waals surface area contributed by atoms with Gasteiger partial charge in [0.1, 0.15) is 11.3 Å². The highest BCUT2D eigenvalue weighted by Gasteiger charge is 2.36. The van der Waals surface area contributed by atoms with Crippen molar-refractivity contribution in [2.24, 2.45) is 0 Å². The minimum absolute atomic E-state index is 0.122. The molecule has 0 saturated heterocycles. The first kappa shape index (κ1) is 21.5. The van der Waals surface area contributed by atoms with Gasteiger partial charge in [0.25, 0.3) is 0 Å². The monoisotopic (exact) mass is 450 g/mol. The number of carboxylic acid groups (broad SMARTS) is 1. The molecule has 1 aliphatic carbocycles. The number of hydrogen-bond acceptors (Lipinski definition) is 4. The zero-order valence-electron chi connectivity index (χ0n) is 16.2. The molecule has 1 N–H and O–H groups in total. The van der Waals surface area contributed by atoms with Crippen LogP contribution >= 0.6 is 0 Å². The molecule has 3 aromatic rings. The fourth-order valence-corrected chi connectivity index (χ4v) is 3.30. The highest BCUT2D eigenvalue weighted by atomic mass is 19.4. The van der Waals surface area contributed by atoms with E-state index >= 15 is 8.87 Å². The van der Waals surface area contributed by atoms with Crippen molar-refractivity contribution in [1.29, 1.82) is 0 Å². The first-order chi connectivity index (χ1) is 15.2. The van der Waals surface area contributed by atoms with Gasteiger partial charge in [-0.1, -0.05) is 34.8 Å². The third-order valence-corrected chi connectivity index (χ3v) is 4.94. The molecule has 166 valence electrons. The van der Waals surface area contributed by atoms with Crippen LogP contribution in [0.4, 0.5) is 33.5 Å². The van der Waals surface area contributed by atoms with Gasteiger partial charge in [-0.15, -0.1) is 13.2 Å². The molecule has 1 heterocycles. The smallest absolute Gasteiger partial charge is 0.478 e. The number of nitrogens with zero attached hydrogens (tertiary/aromatic N) is 2. The predicted octanol–water partition coefficient (Wildman–Crippen LogP) is 6.38. The Morgan fingerprint density at radius 2 is 1.81 bits per heavy atom. The second-order valence-corrected chi connectivity index (χ2v) is 7.19. The molecule has 1 aliphatic rings. The standard InChI is InChI=1S/C22H15F5N2O3/c23-18-17(29(27)20-16(21(30)31)10-14(11-28-20)12-6-7-12)9-8-15(13-4-2-1-3-5-13)19(18)32-22(24,25)26/h1-5,8-12H,6-7H2,(H,30,31). The van der Waals surface area contributed by atoms with Crippen LogP contribution in [0.2, 0.25) is 0 Å². The van der Waals surface area contributed by atoms with Gasteiger partial charge in [-0.2, -0.15) is 5.12 Å². The number of pyridine rings is 1. The van der Waals surface area contributed by atoms with Crippen LogP contribution in [0, 0.1) is 5.82 Å². The average molecular weight is 450 g/mol. The van der Waals surface area contributed by atoms with Gasteiger partial charge in [0, 0.05) is 11.8 Å². The van der Waals surface area contributed by atoms with E-state index in [0.29, 0.717) is 5.56 Å². The minimum Gasteiger partial charge on any atom is -0.478 e. The summed E-state index contributed by atoms with van der Waals surface area (Å²) < 4.78 is 73.2. The van der Waals surface area contributed by atoms with Crippen molar-refractivity contribution in [2.75, 3.05) is 5.12 Å². The SMILES string of the molecule is O=C(O)c1cc(C2CC2)cnc1N(F)c1ccc(-c2ccccc2)c(OC(F)(F)F)c1F. The van der Waals surface area contributed by atoms with Gasteiger partial charge in [0.15, 0.2) is 17.4 Å². The summed E-state index contributed by atoms with van der Waals surface area (Å²) in [6.45, 7) is 0. The fraction of sp³-hybridized carbons (Fsp3) is 0.182. The van der Waals surface area contributed by atoms with Crippen molar-refractivity contribution < 1.29 is 36.7 Å². The van der Waals surface area contributed by atoms with E-state index in [-0.39, 0.29) is 17.0 Å². The van der Waals surface area contributed by atoms with Gasteiger partial charge >= 0.3 is 12.3 Å². The lowest BCUT2D eigenvalue weighted by Crippen LogP contribution is -2.20. The van der Waals surface area contributed by atoms with Crippen LogP contribution in [-0.4, -0.2) is 22.4 Å². The number of carboxylic acids is 1. The van der Waals surface area contributed by atoms with Crippen LogP contribution in [0.5, 0.6) is 5.75 Å². The summed E-state index contributed by atoms with van der Waals surface area (Å²) in [6.07, 6.45) is -2.30. The Morgan fingerprint density at radius 3 is 2.41 bits per heavy atom. The van der Waals surface area contributed by atoms with Crippen molar-refractivity contribution in [3.8, 4) is 16.9 Å². The maximum Gasteiger partial charge on any atom is 0.573 e. The lowest BCUT2D eigenvalue weighted by molar-refractivity contribution is -0.275. The molecule has 1 fully saturated rings. The molecule has 0 spiro atoms. The summed E-state index contributed by atoms with van der Waals surface area (Å²) in [5.74, 6) is -5.04. The van der Waals surface area contributed by atoms with Crippen molar-refractivity contribution in [3.05, 3.63) is 71.7 Å². The van der Waals surface area contributed by atoms with Crippen LogP contribution < -0.4 is 9.86 Å². The van der Waals surface area contributed by atoms with Gasteiger partial charge in [-0.25, -0.2) is 14.2 Å². The topological polar surface area (TPSA) is 62.7 Å². The summed E-state index contributed by atoms with van der Waals surface area (Å²) in [7, 11) is 0. The third-order valence-electron chi connectivity index (χ3n) is 4.94. The second-order valence-electron chi connectivity index (χ2n) is 7.19. The summed E-state index contributed by atoms with van der Waals surface area (Å²) in [5, 5.41) is 9.06. The molecule has 5 nitrogen and oxygen atoms in total. The highest BCUT2D eigenvalue weighted by molar-refractivity contribution is 5.94. The van der Waals surface area contributed by atoms with Gasteiger partial charge < -0.3 is 9.84 Å². The average Bonchev–Trinajstić information content (AvgIpc) is 3.59. The number of halogens is 5. The van der Waals surface area contributed by atoms with Gasteiger partial charge in [0.05, 0.1) is 0 Å². The number of hydrogen-bond donors (Lipinski definition) is 1. The Balaban J connectivity index is 1.82. The van der Waals surface area contributed by atoms with E-state index in [0.717, 1.165) is 25.0 Å². The van der Waals surface area contributed by atoms with Crippen LogP contribution in [0.3, 0.4) is 0 Å². The number of rotatable bonds is 6. The summed E-state index contributed by atoms with van der Waals surface area (Å²) in [4.78, 5) is 15.4. The maximum atomic E-state index is 15.2. The van der Waals surface area contributed by atoms with E-state index in [9.17, 15) is 23.1 Å². The highest BCUT2D eigenvalue weighted by Crippen LogP contribution is 2.44. The first-order valence-electron chi connectivity index (χ1n) is 9.48. The molecule has 4 rings (SSSR count). The Morgan fingerprint density at radius 1 is 1.12 bits per heavy atom. The maximum absolute atomic E-state index is 15.2. The lowest BCUT2D eigenvalue weighted by Gasteiger charge is -2.20. The first-order valence-corrected chi connectivity index (χ1v) is 9.48. The molecule has 0 amide bonds. The van der Waals surface area contributed by atoms with E-state index in [4.69, 9.17) is 0 Å². The Bertz CT molecular complexity index is 1160. The van der Waals surface area contributed by atoms with Crippen molar-refractivity contribution >= 4 is 17.5 Å². The summed E-state index contributed by atoms with van der Waals surface area (Å²) in [5.41, 5.74) is -0.964. The largest absolute Gasteiger partial charge is 0.573 e. The third kappa shape index (κ3) is 4.34. The van der Waals surface area contributed by atoms with E-state index in [1.54, 1.807) is 6.07 Å². The van der Waals surface area contributed by atoms with Gasteiger partial charge in [-0.3, -0.25) is 0 Å². The number of aromatic carboxylic acids is 1. The zero-order chi connectivity index (χ0) is 23.0. The van der Waals surface area contributed by atoms with Crippen molar-refractivity contribution in [2.45, 2.75) is 25.1 Å². The number of carbonyl (C=O) groups is 1. The van der Waals surface area contributed by atoms with Crippen LogP contribution in [0.1, 0.15) is 34.7 Å². The van der Waals surface area contributed by atoms with Crippen LogP contribution in [0.25, 0.3) is 11.1 Å². The molecular formula is C22H15F5N2O3. The lowest BCUT2D eigenvalue weighted by atomic mass is 10.0. The number of ether oxygens (including phenoxy) is 1.